The predicted octanol–water partition coefficient (Wildman–Crippen LogP) is 4.26. The van der Waals surface area contributed by atoms with Gasteiger partial charge in [0.2, 0.25) is 0 Å². The van der Waals surface area contributed by atoms with Gasteiger partial charge in [-0.05, 0) is 38.1 Å². The lowest BCUT2D eigenvalue weighted by Crippen LogP contribution is -2.56. The maximum Gasteiger partial charge on any atom is 0.396 e. The topological polar surface area (TPSA) is 146 Å². The van der Waals surface area contributed by atoms with E-state index in [1.165, 1.54) is 62.4 Å². The molecule has 0 spiro atoms. The monoisotopic (exact) mass is 616 g/mol. The van der Waals surface area contributed by atoms with Crippen LogP contribution in [0.1, 0.15) is 34.6 Å². The Kier molecular flexibility index (Phi) is 9.11. The number of rotatable bonds is 11. The number of carbonyl (C=O) groups excluding carboxylic acids is 4. The molecule has 12 nitrogen and oxygen atoms in total. The molecule has 0 aliphatic rings. The summed E-state index contributed by atoms with van der Waals surface area (Å²) in [5.74, 6) is -20.2. The molecule has 0 unspecified atom stereocenters. The molecule has 4 rings (SSSR count). The molecule has 0 saturated heterocycles. The fraction of sp³-hybridized carbons (Fsp3) is 0.214. The highest BCUT2D eigenvalue weighted by molar-refractivity contribution is 6.08. The molecule has 4 aromatic rings. The van der Waals surface area contributed by atoms with Crippen LogP contribution in [0.15, 0.2) is 73.1 Å². The van der Waals surface area contributed by atoms with Crippen molar-refractivity contribution in [3.05, 3.63) is 84.2 Å². The van der Waals surface area contributed by atoms with Gasteiger partial charge in [-0.15, -0.1) is 0 Å². The average molecular weight is 617 g/mol. The average Bonchev–Trinajstić information content (AvgIpc) is 3.62. The molecule has 16 heteroatoms. The molecule has 2 N–H and O–H groups in total. The Hall–Kier alpha value is -5.54. The van der Waals surface area contributed by atoms with Crippen molar-refractivity contribution in [2.75, 3.05) is 23.8 Å². The quantitative estimate of drug-likeness (QED) is 0.188. The highest BCUT2D eigenvalue weighted by atomic mass is 19.3. The molecular weight excluding hydrogens is 592 g/mol. The number of hydrogen-bond donors (Lipinski definition) is 2. The van der Waals surface area contributed by atoms with Crippen LogP contribution in [-0.2, 0) is 19.1 Å². The third-order valence-electron chi connectivity index (χ3n) is 5.96. The standard InChI is InChI=1S/C28H24F4N6O6/c1-3-43-23(39)19-15-33-37(17-11-7-5-8-12-17)21(19)35-25(41)27(29,30)28(31,32)26(42)36-22-20(24(40)44-4-2)16-34-38(22)18-13-9-6-10-14-18/h5-16H,3-4H2,1-2H3,(H,35,41)(H,36,42). The first kappa shape index (κ1) is 31.4. The summed E-state index contributed by atoms with van der Waals surface area (Å²) in [6.45, 7) is 2.65. The van der Waals surface area contributed by atoms with Crippen molar-refractivity contribution >= 4 is 35.4 Å². The van der Waals surface area contributed by atoms with Crippen molar-refractivity contribution in [1.82, 2.24) is 19.6 Å². The van der Waals surface area contributed by atoms with E-state index in [0.717, 1.165) is 21.8 Å². The van der Waals surface area contributed by atoms with E-state index >= 15 is 17.6 Å². The second kappa shape index (κ2) is 12.8. The molecule has 0 radical (unpaired) electrons. The van der Waals surface area contributed by atoms with E-state index in [4.69, 9.17) is 9.47 Å². The van der Waals surface area contributed by atoms with Gasteiger partial charge in [-0.2, -0.15) is 27.8 Å². The fourth-order valence-electron chi connectivity index (χ4n) is 3.84. The van der Waals surface area contributed by atoms with Gasteiger partial charge < -0.3 is 20.1 Å². The van der Waals surface area contributed by atoms with E-state index in [-0.39, 0.29) is 24.6 Å². The van der Waals surface area contributed by atoms with E-state index in [1.807, 2.05) is 0 Å². The molecule has 2 heterocycles. The number of anilines is 2. The van der Waals surface area contributed by atoms with Crippen molar-refractivity contribution in [2.45, 2.75) is 25.7 Å². The number of benzene rings is 2. The van der Waals surface area contributed by atoms with Crippen LogP contribution in [-0.4, -0.2) is 68.4 Å². The zero-order valence-electron chi connectivity index (χ0n) is 23.1. The van der Waals surface area contributed by atoms with Gasteiger partial charge in [0.25, 0.3) is 0 Å². The van der Waals surface area contributed by atoms with Gasteiger partial charge >= 0.3 is 35.6 Å². The van der Waals surface area contributed by atoms with E-state index in [9.17, 15) is 19.2 Å². The van der Waals surface area contributed by atoms with E-state index < -0.39 is 58.4 Å². The fourth-order valence-corrected chi connectivity index (χ4v) is 3.84. The third-order valence-corrected chi connectivity index (χ3v) is 5.96. The first-order valence-electron chi connectivity index (χ1n) is 12.9. The summed E-state index contributed by atoms with van der Waals surface area (Å²) < 4.78 is 72.2. The molecule has 230 valence electrons. The van der Waals surface area contributed by atoms with Crippen LogP contribution in [0, 0.1) is 0 Å². The summed E-state index contributed by atoms with van der Waals surface area (Å²) in [4.78, 5) is 50.4. The van der Waals surface area contributed by atoms with Gasteiger partial charge in [0.1, 0.15) is 11.1 Å². The van der Waals surface area contributed by atoms with Crippen LogP contribution < -0.4 is 10.6 Å². The van der Waals surface area contributed by atoms with Gasteiger partial charge in [0, 0.05) is 0 Å². The van der Waals surface area contributed by atoms with Crippen LogP contribution in [0.5, 0.6) is 0 Å². The van der Waals surface area contributed by atoms with Gasteiger partial charge in [-0.1, -0.05) is 36.4 Å². The predicted molar refractivity (Wildman–Crippen MR) is 146 cm³/mol. The molecule has 0 aliphatic carbocycles. The van der Waals surface area contributed by atoms with Crippen molar-refractivity contribution < 1.29 is 46.2 Å². The number of para-hydroxylation sites is 2. The van der Waals surface area contributed by atoms with Crippen LogP contribution in [0.25, 0.3) is 11.4 Å². The van der Waals surface area contributed by atoms with Crippen molar-refractivity contribution in [2.24, 2.45) is 0 Å². The number of nitrogens with one attached hydrogen (secondary N) is 2. The second-order valence-corrected chi connectivity index (χ2v) is 8.81. The Bertz CT molecular complexity index is 1550. The van der Waals surface area contributed by atoms with Gasteiger partial charge in [-0.3, -0.25) is 9.59 Å². The molecule has 0 aliphatic heterocycles. The number of esters is 2. The summed E-state index contributed by atoms with van der Waals surface area (Å²) in [6, 6.07) is 15.1. The van der Waals surface area contributed by atoms with Gasteiger partial charge in [-0.25, -0.2) is 19.0 Å². The highest BCUT2D eigenvalue weighted by Gasteiger charge is 2.67. The SMILES string of the molecule is CCOC(=O)c1cnn(-c2ccccc2)c1NC(=O)C(F)(F)C(F)(F)C(=O)Nc1c(C(=O)OCC)cnn1-c1ccccc1. The van der Waals surface area contributed by atoms with E-state index in [0.29, 0.717) is 0 Å². The van der Waals surface area contributed by atoms with Crippen LogP contribution in [0.4, 0.5) is 29.2 Å². The molecule has 0 saturated carbocycles. The lowest BCUT2D eigenvalue weighted by molar-refractivity contribution is -0.204. The van der Waals surface area contributed by atoms with Crippen LogP contribution in [0.2, 0.25) is 0 Å². The molecule has 44 heavy (non-hydrogen) atoms. The number of carbonyl (C=O) groups is 4. The Balaban J connectivity index is 1.68. The van der Waals surface area contributed by atoms with Crippen molar-refractivity contribution in [3.8, 4) is 11.4 Å². The molecule has 0 fully saturated rings. The molecule has 2 amide bonds. The minimum absolute atomic E-state index is 0.134. The largest absolute Gasteiger partial charge is 0.462 e. The number of nitrogens with zero attached hydrogens (tertiary/aromatic N) is 4. The minimum atomic E-state index is -5.70. The molecule has 0 atom stereocenters. The van der Waals surface area contributed by atoms with Gasteiger partial charge in [0.05, 0.1) is 37.0 Å². The number of hydrogen-bond acceptors (Lipinski definition) is 8. The van der Waals surface area contributed by atoms with Crippen LogP contribution >= 0.6 is 0 Å². The zero-order chi connectivity index (χ0) is 32.1. The van der Waals surface area contributed by atoms with E-state index in [2.05, 4.69) is 10.2 Å². The van der Waals surface area contributed by atoms with Crippen molar-refractivity contribution in [1.29, 1.82) is 0 Å². The maximum absolute atomic E-state index is 15.2. The molecule has 0 bridgehead atoms. The second-order valence-electron chi connectivity index (χ2n) is 8.81. The lowest BCUT2D eigenvalue weighted by Gasteiger charge is -2.25. The van der Waals surface area contributed by atoms with E-state index in [1.54, 1.807) is 22.8 Å². The summed E-state index contributed by atoms with van der Waals surface area (Å²) in [7, 11) is 0. The van der Waals surface area contributed by atoms with Crippen molar-refractivity contribution in [3.63, 3.8) is 0 Å². The Morgan fingerprint density at radius 1 is 0.659 bits per heavy atom. The Morgan fingerprint density at radius 3 is 1.32 bits per heavy atom. The Morgan fingerprint density at radius 2 is 1.00 bits per heavy atom. The smallest absolute Gasteiger partial charge is 0.396 e. The zero-order valence-corrected chi connectivity index (χ0v) is 23.1. The molecule has 2 aromatic carbocycles. The lowest BCUT2D eigenvalue weighted by atomic mass is 10.1. The normalized spacial score (nSPS) is 11.5. The summed E-state index contributed by atoms with van der Waals surface area (Å²) in [5, 5.41) is 11.0. The maximum atomic E-state index is 15.2. The number of alkyl halides is 4. The summed E-state index contributed by atoms with van der Waals surface area (Å²) >= 11 is 0. The Labute approximate surface area is 246 Å². The van der Waals surface area contributed by atoms with Gasteiger partial charge in [0.15, 0.2) is 11.6 Å². The minimum Gasteiger partial charge on any atom is -0.462 e. The number of ether oxygens (including phenoxy) is 2. The number of amides is 2. The highest BCUT2D eigenvalue weighted by Crippen LogP contribution is 2.37. The number of halogens is 4. The summed E-state index contributed by atoms with van der Waals surface area (Å²) in [6.07, 6.45) is 1.79. The first-order valence-corrected chi connectivity index (χ1v) is 12.9. The summed E-state index contributed by atoms with van der Waals surface area (Å²) in [5.41, 5.74) is -0.685. The molecule has 2 aromatic heterocycles. The molecular formula is C28H24F4N6O6. The van der Waals surface area contributed by atoms with Crippen LogP contribution in [0.3, 0.4) is 0 Å². The third kappa shape index (κ3) is 5.99. The first-order chi connectivity index (χ1) is 20.9. The number of aromatic nitrogens is 4.